The molecule has 0 aromatic carbocycles. The molecule has 5 nitrogen and oxygen atoms in total. The SMILES string of the molecule is CCCOc1nc(Cl)nc(N(C)CC)n1. The smallest absolute Gasteiger partial charge is 0.322 e. The van der Waals surface area contributed by atoms with Gasteiger partial charge in [0.15, 0.2) is 0 Å². The first-order valence-electron chi connectivity index (χ1n) is 4.92. The van der Waals surface area contributed by atoms with Crippen LogP contribution in [0.1, 0.15) is 20.3 Å². The summed E-state index contributed by atoms with van der Waals surface area (Å²) >= 11 is 5.76. The van der Waals surface area contributed by atoms with Gasteiger partial charge < -0.3 is 9.64 Å². The molecule has 15 heavy (non-hydrogen) atoms. The monoisotopic (exact) mass is 230 g/mol. The van der Waals surface area contributed by atoms with Crippen molar-refractivity contribution >= 4 is 17.5 Å². The van der Waals surface area contributed by atoms with Crippen molar-refractivity contribution in [2.45, 2.75) is 20.3 Å². The minimum atomic E-state index is 0.159. The highest BCUT2D eigenvalue weighted by molar-refractivity contribution is 6.28. The molecule has 0 aliphatic rings. The molecule has 84 valence electrons. The summed E-state index contributed by atoms with van der Waals surface area (Å²) in [5, 5.41) is 0.159. The fourth-order valence-corrected chi connectivity index (χ4v) is 1.04. The zero-order valence-electron chi connectivity index (χ0n) is 9.20. The molecule has 6 heteroatoms. The second-order valence-corrected chi connectivity index (χ2v) is 3.39. The lowest BCUT2D eigenvalue weighted by Crippen LogP contribution is -2.19. The van der Waals surface area contributed by atoms with Crippen molar-refractivity contribution < 1.29 is 4.74 Å². The maximum atomic E-state index is 5.76. The van der Waals surface area contributed by atoms with E-state index in [-0.39, 0.29) is 11.3 Å². The first-order chi connectivity index (χ1) is 7.17. The van der Waals surface area contributed by atoms with E-state index in [9.17, 15) is 0 Å². The van der Waals surface area contributed by atoms with Crippen LogP contribution in [0.3, 0.4) is 0 Å². The van der Waals surface area contributed by atoms with Crippen molar-refractivity contribution in [1.82, 2.24) is 15.0 Å². The topological polar surface area (TPSA) is 51.1 Å². The lowest BCUT2D eigenvalue weighted by Gasteiger charge is -2.14. The van der Waals surface area contributed by atoms with E-state index in [1.807, 2.05) is 25.8 Å². The Morgan fingerprint density at radius 2 is 2.00 bits per heavy atom. The Kier molecular flexibility index (Phi) is 4.55. The molecule has 0 unspecified atom stereocenters. The van der Waals surface area contributed by atoms with Crippen LogP contribution in [-0.2, 0) is 0 Å². The van der Waals surface area contributed by atoms with E-state index in [1.165, 1.54) is 0 Å². The Morgan fingerprint density at radius 1 is 1.27 bits per heavy atom. The van der Waals surface area contributed by atoms with Gasteiger partial charge in [0.25, 0.3) is 0 Å². The maximum absolute atomic E-state index is 5.76. The van der Waals surface area contributed by atoms with Crippen LogP contribution in [0.5, 0.6) is 6.01 Å². The lowest BCUT2D eigenvalue weighted by atomic mass is 10.5. The third-order valence-electron chi connectivity index (χ3n) is 1.83. The van der Waals surface area contributed by atoms with Crippen molar-refractivity contribution in [3.63, 3.8) is 0 Å². The zero-order valence-corrected chi connectivity index (χ0v) is 9.95. The Hall–Kier alpha value is -1.10. The van der Waals surface area contributed by atoms with Crippen molar-refractivity contribution in [3.05, 3.63) is 5.28 Å². The van der Waals surface area contributed by atoms with Gasteiger partial charge in [-0.25, -0.2) is 0 Å². The number of anilines is 1. The van der Waals surface area contributed by atoms with E-state index in [2.05, 4.69) is 15.0 Å². The first-order valence-corrected chi connectivity index (χ1v) is 5.30. The predicted molar refractivity (Wildman–Crippen MR) is 59.6 cm³/mol. The number of hydrogen-bond acceptors (Lipinski definition) is 5. The molecule has 0 fully saturated rings. The lowest BCUT2D eigenvalue weighted by molar-refractivity contribution is 0.291. The van der Waals surface area contributed by atoms with E-state index in [1.54, 1.807) is 0 Å². The molecule has 0 N–H and O–H groups in total. The summed E-state index contributed by atoms with van der Waals surface area (Å²) < 4.78 is 5.30. The van der Waals surface area contributed by atoms with Crippen molar-refractivity contribution in [2.75, 3.05) is 25.1 Å². The molecule has 0 saturated heterocycles. The minimum Gasteiger partial charge on any atom is -0.463 e. The molecular formula is C9H15ClN4O. The molecule has 1 heterocycles. The van der Waals surface area contributed by atoms with E-state index in [0.29, 0.717) is 12.6 Å². The van der Waals surface area contributed by atoms with Gasteiger partial charge >= 0.3 is 6.01 Å². The van der Waals surface area contributed by atoms with Gasteiger partial charge in [-0.1, -0.05) is 6.92 Å². The molecule has 1 aromatic heterocycles. The number of aromatic nitrogens is 3. The molecule has 0 bridgehead atoms. The van der Waals surface area contributed by atoms with Gasteiger partial charge in [0.05, 0.1) is 6.61 Å². The second kappa shape index (κ2) is 5.70. The number of rotatable bonds is 5. The van der Waals surface area contributed by atoms with Gasteiger partial charge in [0, 0.05) is 13.6 Å². The summed E-state index contributed by atoms with van der Waals surface area (Å²) in [4.78, 5) is 13.9. The number of hydrogen-bond donors (Lipinski definition) is 0. The predicted octanol–water partition coefficient (Wildman–Crippen LogP) is 1.77. The molecule has 0 atom stereocenters. The molecule has 0 amide bonds. The van der Waals surface area contributed by atoms with Crippen LogP contribution < -0.4 is 9.64 Å². The number of halogens is 1. The quantitative estimate of drug-likeness (QED) is 0.772. The van der Waals surface area contributed by atoms with Gasteiger partial charge in [0.1, 0.15) is 0 Å². The standard InChI is InChI=1S/C9H15ClN4O/c1-4-6-15-9-12-7(10)11-8(13-9)14(3)5-2/h4-6H2,1-3H3. The van der Waals surface area contributed by atoms with Gasteiger partial charge in [-0.05, 0) is 24.9 Å². The summed E-state index contributed by atoms with van der Waals surface area (Å²) in [6.45, 7) is 5.40. The van der Waals surface area contributed by atoms with E-state index in [4.69, 9.17) is 16.3 Å². The fourth-order valence-electron chi connectivity index (χ4n) is 0.892. The number of nitrogens with zero attached hydrogens (tertiary/aromatic N) is 4. The van der Waals surface area contributed by atoms with Crippen LogP contribution >= 0.6 is 11.6 Å². The fraction of sp³-hybridized carbons (Fsp3) is 0.667. The van der Waals surface area contributed by atoms with Gasteiger partial charge in [-0.15, -0.1) is 0 Å². The Labute approximate surface area is 94.5 Å². The van der Waals surface area contributed by atoms with Crippen LogP contribution in [0, 0.1) is 0 Å². The van der Waals surface area contributed by atoms with E-state index in [0.717, 1.165) is 13.0 Å². The van der Waals surface area contributed by atoms with Crippen molar-refractivity contribution in [2.24, 2.45) is 0 Å². The zero-order chi connectivity index (χ0) is 11.3. The second-order valence-electron chi connectivity index (χ2n) is 3.05. The molecule has 0 spiro atoms. The summed E-state index contributed by atoms with van der Waals surface area (Å²) in [7, 11) is 1.88. The van der Waals surface area contributed by atoms with Gasteiger partial charge in [-0.2, -0.15) is 15.0 Å². The molecule has 1 aromatic rings. The summed E-state index contributed by atoms with van der Waals surface area (Å²) in [6, 6.07) is 0.284. The van der Waals surface area contributed by atoms with Crippen LogP contribution in [0.2, 0.25) is 5.28 Å². The molecule has 0 radical (unpaired) electrons. The average Bonchev–Trinajstić information content (AvgIpc) is 2.24. The van der Waals surface area contributed by atoms with Crippen LogP contribution in [0.4, 0.5) is 5.95 Å². The average molecular weight is 231 g/mol. The normalized spacial score (nSPS) is 10.1. The Balaban J connectivity index is 2.84. The highest BCUT2D eigenvalue weighted by Gasteiger charge is 2.08. The maximum Gasteiger partial charge on any atom is 0.322 e. The third-order valence-corrected chi connectivity index (χ3v) is 2.00. The Morgan fingerprint density at radius 3 is 2.60 bits per heavy atom. The summed E-state index contributed by atoms with van der Waals surface area (Å²) in [5.41, 5.74) is 0. The number of ether oxygens (including phenoxy) is 1. The highest BCUT2D eigenvalue weighted by Crippen LogP contribution is 2.13. The Bertz CT molecular complexity index is 321. The van der Waals surface area contributed by atoms with Crippen LogP contribution in [0.25, 0.3) is 0 Å². The first kappa shape index (κ1) is 12.0. The van der Waals surface area contributed by atoms with Gasteiger partial charge in [0.2, 0.25) is 11.2 Å². The highest BCUT2D eigenvalue weighted by atomic mass is 35.5. The molecule has 0 aliphatic carbocycles. The van der Waals surface area contributed by atoms with E-state index >= 15 is 0 Å². The van der Waals surface area contributed by atoms with Crippen molar-refractivity contribution in [3.8, 4) is 6.01 Å². The van der Waals surface area contributed by atoms with Crippen LogP contribution in [0.15, 0.2) is 0 Å². The van der Waals surface area contributed by atoms with Crippen molar-refractivity contribution in [1.29, 1.82) is 0 Å². The molecule has 1 rings (SSSR count). The van der Waals surface area contributed by atoms with Crippen LogP contribution in [-0.4, -0.2) is 35.2 Å². The molecule has 0 saturated carbocycles. The van der Waals surface area contributed by atoms with E-state index < -0.39 is 0 Å². The largest absolute Gasteiger partial charge is 0.463 e. The summed E-state index contributed by atoms with van der Waals surface area (Å²) in [6.07, 6.45) is 0.905. The summed E-state index contributed by atoms with van der Waals surface area (Å²) in [5.74, 6) is 0.531. The molecule has 0 aliphatic heterocycles. The minimum absolute atomic E-state index is 0.159. The molecular weight excluding hydrogens is 216 g/mol. The van der Waals surface area contributed by atoms with Gasteiger partial charge in [-0.3, -0.25) is 0 Å². The third kappa shape index (κ3) is 3.51.